The summed E-state index contributed by atoms with van der Waals surface area (Å²) in [5.41, 5.74) is 0.962. The van der Waals surface area contributed by atoms with E-state index < -0.39 is 0 Å². The van der Waals surface area contributed by atoms with Crippen molar-refractivity contribution in [3.8, 4) is 11.5 Å². The number of aromatic nitrogens is 6. The number of hydrogen-bond acceptors (Lipinski definition) is 12. The van der Waals surface area contributed by atoms with Crippen molar-refractivity contribution in [1.82, 2.24) is 38.5 Å². The van der Waals surface area contributed by atoms with E-state index in [0.717, 1.165) is 117 Å². The van der Waals surface area contributed by atoms with E-state index in [1.54, 1.807) is 13.2 Å². The van der Waals surface area contributed by atoms with Gasteiger partial charge in [-0.2, -0.15) is 10.2 Å². The molecule has 6 aromatic rings. The Labute approximate surface area is 354 Å². The minimum Gasteiger partial charge on any atom is -0.508 e. The van der Waals surface area contributed by atoms with E-state index in [1.165, 1.54) is 58.0 Å². The maximum Gasteiger partial charge on any atom is 0.347 e. The summed E-state index contributed by atoms with van der Waals surface area (Å²) >= 11 is 0. The van der Waals surface area contributed by atoms with E-state index in [0.29, 0.717) is 18.8 Å². The van der Waals surface area contributed by atoms with Crippen LogP contribution in [0.3, 0.4) is 0 Å². The van der Waals surface area contributed by atoms with E-state index in [1.807, 2.05) is 18.2 Å². The van der Waals surface area contributed by atoms with Crippen molar-refractivity contribution in [3.05, 3.63) is 127 Å². The first-order valence-electron chi connectivity index (χ1n) is 21.1. The number of phenolic OH excluding ortho intramolecular Hbond substituents is 1. The highest BCUT2D eigenvalue weighted by Crippen LogP contribution is 2.32. The molecule has 0 atom stereocenters. The molecule has 1 N–H and O–H groups in total. The Kier molecular flexibility index (Phi) is 14.0. The minimum absolute atomic E-state index is 0.292. The number of piperazine rings is 2. The van der Waals surface area contributed by atoms with Crippen LogP contribution < -0.4 is 37.0 Å². The van der Waals surface area contributed by atoms with Crippen LogP contribution in [0, 0.1) is 0 Å². The molecule has 2 aromatic heterocycles. The molecule has 0 amide bonds. The van der Waals surface area contributed by atoms with Gasteiger partial charge in [0.2, 0.25) is 0 Å². The van der Waals surface area contributed by atoms with Gasteiger partial charge in [0.1, 0.15) is 23.9 Å². The van der Waals surface area contributed by atoms with E-state index in [2.05, 4.69) is 78.3 Å². The van der Waals surface area contributed by atoms with Gasteiger partial charge in [0.15, 0.2) is 0 Å². The molecule has 61 heavy (non-hydrogen) atoms. The molecule has 0 spiro atoms. The van der Waals surface area contributed by atoms with Gasteiger partial charge in [-0.3, -0.25) is 28.5 Å². The summed E-state index contributed by atoms with van der Waals surface area (Å²) in [5.74, 6) is 1.17. The smallest absolute Gasteiger partial charge is 0.347 e. The van der Waals surface area contributed by atoms with Crippen LogP contribution in [0.5, 0.6) is 11.5 Å². The van der Waals surface area contributed by atoms with Crippen LogP contribution in [0.25, 0.3) is 21.5 Å². The molecular formula is C45H56N10O6. The van der Waals surface area contributed by atoms with Crippen LogP contribution in [0.1, 0.15) is 25.7 Å². The van der Waals surface area contributed by atoms with Crippen LogP contribution in [0.15, 0.2) is 104 Å². The maximum atomic E-state index is 12.0. The first kappa shape index (κ1) is 42.8. The van der Waals surface area contributed by atoms with Gasteiger partial charge in [0, 0.05) is 102 Å². The number of phenols is 1. The highest BCUT2D eigenvalue weighted by atomic mass is 16.4. The highest BCUT2D eigenvalue weighted by molar-refractivity contribution is 5.96. The van der Waals surface area contributed by atoms with Crippen LogP contribution in [-0.2, 0) is 27.2 Å². The summed E-state index contributed by atoms with van der Waals surface area (Å²) in [7, 11) is 4.65. The minimum atomic E-state index is -0.379. The number of aromatic hydroxyl groups is 1. The molecule has 0 radical (unpaired) electrons. The summed E-state index contributed by atoms with van der Waals surface area (Å²) < 4.78 is 10.3. The van der Waals surface area contributed by atoms with Crippen molar-refractivity contribution >= 4 is 32.9 Å². The molecule has 2 aliphatic rings. The second kappa shape index (κ2) is 19.9. The standard InChI is InChI=1S/C23H29N5O3.C22H27N5O3/c1-25-22(29)17-24-28(23(25)30)11-4-3-10-26-12-14-27(15-13-26)21-7-5-6-18-8-9-19(31-2)16-20(18)21;1-24-21(29)16-23-27(22(24)30)10-3-2-9-25-11-13-26(14-12-25)20-6-4-5-17-7-8-18(28)15-19(17)20/h5-9,16-17H,3-4,10-15H2,1-2H3;4-8,15-16,28H,2-3,9-14H2,1H3/i2-1;. The summed E-state index contributed by atoms with van der Waals surface area (Å²) in [6.07, 6.45) is 6.04. The number of unbranched alkanes of at least 4 members (excludes halogenated alkanes) is 2. The van der Waals surface area contributed by atoms with E-state index in [4.69, 9.17) is 4.74 Å². The predicted octanol–water partition coefficient (Wildman–Crippen LogP) is 3.11. The van der Waals surface area contributed by atoms with Crippen molar-refractivity contribution < 1.29 is 9.84 Å². The summed E-state index contributed by atoms with van der Waals surface area (Å²) in [6.45, 7) is 10.9. The van der Waals surface area contributed by atoms with Gasteiger partial charge in [-0.1, -0.05) is 36.4 Å². The Morgan fingerprint density at radius 3 is 1.48 bits per heavy atom. The Hall–Kier alpha value is -6.26. The zero-order chi connectivity index (χ0) is 42.9. The average Bonchev–Trinajstić information content (AvgIpc) is 3.29. The van der Waals surface area contributed by atoms with Crippen LogP contribution >= 0.6 is 0 Å². The molecule has 0 saturated carbocycles. The normalized spacial score (nSPS) is 14.9. The average molecular weight is 832 g/mol. The maximum absolute atomic E-state index is 12.0. The van der Waals surface area contributed by atoms with Crippen molar-refractivity contribution in [1.29, 1.82) is 0 Å². The molecule has 8 rings (SSSR count). The molecule has 2 aliphatic heterocycles. The first-order chi connectivity index (χ1) is 29.6. The quantitative estimate of drug-likeness (QED) is 0.170. The Bertz CT molecular complexity index is 2670. The lowest BCUT2D eigenvalue weighted by Gasteiger charge is -2.36. The fraction of sp³-hybridized carbons (Fsp3) is 0.422. The number of ether oxygens (including phenoxy) is 1. The van der Waals surface area contributed by atoms with Gasteiger partial charge in [-0.15, -0.1) is 0 Å². The molecule has 16 nitrogen and oxygen atoms in total. The van der Waals surface area contributed by atoms with Gasteiger partial charge in [0.05, 0.1) is 7.11 Å². The number of nitrogens with zero attached hydrogens (tertiary/aromatic N) is 10. The van der Waals surface area contributed by atoms with Gasteiger partial charge >= 0.3 is 11.4 Å². The molecule has 4 aromatic carbocycles. The number of rotatable bonds is 13. The Balaban J connectivity index is 0.000000184. The van der Waals surface area contributed by atoms with Gasteiger partial charge < -0.3 is 19.6 Å². The topological polar surface area (TPSA) is 156 Å². The van der Waals surface area contributed by atoms with Crippen LogP contribution in [0.2, 0.25) is 0 Å². The highest BCUT2D eigenvalue weighted by Gasteiger charge is 2.20. The van der Waals surface area contributed by atoms with Crippen molar-refractivity contribution in [3.63, 3.8) is 0 Å². The Morgan fingerprint density at radius 1 is 0.557 bits per heavy atom. The van der Waals surface area contributed by atoms with Gasteiger partial charge in [-0.25, -0.2) is 19.0 Å². The second-order valence-electron chi connectivity index (χ2n) is 15.7. The number of methoxy groups -OCH3 is 1. The molecular weight excluding hydrogens is 776 g/mol. The van der Waals surface area contributed by atoms with E-state index in [-0.39, 0.29) is 22.5 Å². The van der Waals surface area contributed by atoms with Crippen molar-refractivity contribution in [2.45, 2.75) is 38.8 Å². The van der Waals surface area contributed by atoms with Crippen LogP contribution in [-0.4, -0.2) is 116 Å². The predicted molar refractivity (Wildman–Crippen MR) is 239 cm³/mol. The lowest BCUT2D eigenvalue weighted by Crippen LogP contribution is -2.46. The molecule has 2 fully saturated rings. The zero-order valence-electron chi connectivity index (χ0n) is 35.4. The van der Waals surface area contributed by atoms with E-state index >= 15 is 0 Å². The lowest BCUT2D eigenvalue weighted by atomic mass is 10.1. The number of fused-ring (bicyclic) bond motifs is 2. The molecule has 2 saturated heterocycles. The zero-order valence-corrected chi connectivity index (χ0v) is 35.4. The summed E-state index contributed by atoms with van der Waals surface area (Å²) in [4.78, 5) is 56.6. The summed E-state index contributed by atoms with van der Waals surface area (Å²) in [5, 5.41) is 22.4. The molecule has 0 aliphatic carbocycles. The fourth-order valence-electron chi connectivity index (χ4n) is 8.13. The molecule has 0 bridgehead atoms. The Morgan fingerprint density at radius 2 is 1.00 bits per heavy atom. The lowest BCUT2D eigenvalue weighted by molar-refractivity contribution is 0.250. The third kappa shape index (κ3) is 10.4. The third-order valence-corrected chi connectivity index (χ3v) is 11.8. The second-order valence-corrected chi connectivity index (χ2v) is 15.7. The fourth-order valence-corrected chi connectivity index (χ4v) is 8.13. The number of hydrogen-bond donors (Lipinski definition) is 1. The largest absolute Gasteiger partial charge is 0.508 e. The van der Waals surface area contributed by atoms with E-state index in [9.17, 15) is 24.3 Å². The monoisotopic (exact) mass is 831 g/mol. The third-order valence-electron chi connectivity index (χ3n) is 11.8. The number of benzene rings is 4. The van der Waals surface area contributed by atoms with Crippen molar-refractivity contribution in [2.24, 2.45) is 14.1 Å². The first-order valence-corrected chi connectivity index (χ1v) is 21.1. The van der Waals surface area contributed by atoms with Gasteiger partial charge in [0.25, 0.3) is 11.1 Å². The summed E-state index contributed by atoms with van der Waals surface area (Å²) in [6, 6.07) is 24.4. The molecule has 16 heteroatoms. The molecule has 4 heterocycles. The SMILES string of the molecule is Cn1c(=O)cnn(CCCCN2CCN(c3cccc4ccc(O)cc34)CC2)c1=O.Cn1c(=O)cnn(CCCCN2CCN(c3cccc4ccc(O[11CH3])cc34)CC2)c1=O. The number of aryl methyl sites for hydroxylation is 2. The molecule has 322 valence electrons. The molecule has 0 unspecified atom stereocenters. The van der Waals surface area contributed by atoms with Gasteiger partial charge in [-0.05, 0) is 85.9 Å². The van der Waals surface area contributed by atoms with Crippen LogP contribution in [0.4, 0.5) is 11.4 Å². The number of anilines is 2. The van der Waals surface area contributed by atoms with Crippen molar-refractivity contribution in [2.75, 3.05) is 82.4 Å².